The first-order valence-electron chi connectivity index (χ1n) is 7.51. The molecule has 0 fully saturated rings. The largest absolute Gasteiger partial charge is 0.348 e. The minimum atomic E-state index is -0.620. The number of hydrogen-bond acceptors (Lipinski definition) is 4. The summed E-state index contributed by atoms with van der Waals surface area (Å²) in [5.41, 5.74) is 1.23. The number of anilines is 1. The minimum absolute atomic E-state index is 0.0549. The van der Waals surface area contributed by atoms with Gasteiger partial charge < -0.3 is 10.6 Å². The number of carbonyl (C=O) groups excluding carboxylic acids is 2. The molecule has 6 nitrogen and oxygen atoms in total. The van der Waals surface area contributed by atoms with Crippen LogP contribution in [0.2, 0.25) is 0 Å². The Kier molecular flexibility index (Phi) is 5.23. The lowest BCUT2D eigenvalue weighted by molar-refractivity contribution is 0.0923. The molecule has 0 unspecified atom stereocenters. The summed E-state index contributed by atoms with van der Waals surface area (Å²) in [6.07, 6.45) is 0. The van der Waals surface area contributed by atoms with Gasteiger partial charge in [0.25, 0.3) is 11.8 Å². The molecule has 0 saturated heterocycles. The number of carbonyl (C=O) groups is 2. The van der Waals surface area contributed by atoms with Gasteiger partial charge in [0.05, 0.1) is 11.4 Å². The number of nitrogens with zero attached hydrogens (tertiary/aromatic N) is 2. The number of hydrogen-bond donors (Lipinski definition) is 2. The van der Waals surface area contributed by atoms with E-state index < -0.39 is 17.6 Å². The molecular weight excluding hydrogens is 311 g/mol. The molecular formula is C17H19FN4O2. The van der Waals surface area contributed by atoms with Crippen LogP contribution >= 0.6 is 0 Å². The van der Waals surface area contributed by atoms with Crippen LogP contribution in [0.4, 0.5) is 10.1 Å². The summed E-state index contributed by atoms with van der Waals surface area (Å²) in [6.45, 7) is 7.02. The van der Waals surface area contributed by atoms with Gasteiger partial charge in [-0.1, -0.05) is 6.07 Å². The number of rotatable bonds is 4. The molecule has 0 aliphatic heterocycles. The van der Waals surface area contributed by atoms with Gasteiger partial charge in [0.1, 0.15) is 5.82 Å². The average Bonchev–Trinajstić information content (AvgIpc) is 2.48. The van der Waals surface area contributed by atoms with E-state index in [-0.39, 0.29) is 23.1 Å². The lowest BCUT2D eigenvalue weighted by Gasteiger charge is -2.13. The Labute approximate surface area is 139 Å². The first-order chi connectivity index (χ1) is 11.3. The zero-order valence-corrected chi connectivity index (χ0v) is 14.0. The fourth-order valence-electron chi connectivity index (χ4n) is 2.01. The van der Waals surface area contributed by atoms with Crippen molar-refractivity contribution in [3.8, 4) is 0 Å². The summed E-state index contributed by atoms with van der Waals surface area (Å²) in [4.78, 5) is 33.2. The summed E-state index contributed by atoms with van der Waals surface area (Å²) >= 11 is 0. The van der Waals surface area contributed by atoms with Crippen LogP contribution in [-0.2, 0) is 0 Å². The molecule has 1 heterocycles. The lowest BCUT2D eigenvalue weighted by Crippen LogP contribution is -2.33. The maximum Gasteiger partial charge on any atom is 0.276 e. The monoisotopic (exact) mass is 330 g/mol. The fraction of sp³-hybridized carbons (Fsp3) is 0.294. The topological polar surface area (TPSA) is 84.0 Å². The van der Waals surface area contributed by atoms with Crippen LogP contribution in [0, 0.1) is 19.7 Å². The maximum absolute atomic E-state index is 13.2. The third-order valence-corrected chi connectivity index (χ3v) is 3.24. The highest BCUT2D eigenvalue weighted by Gasteiger charge is 2.22. The van der Waals surface area contributed by atoms with Crippen molar-refractivity contribution in [1.82, 2.24) is 15.3 Å². The van der Waals surface area contributed by atoms with E-state index in [9.17, 15) is 14.0 Å². The van der Waals surface area contributed by atoms with E-state index in [1.54, 1.807) is 33.8 Å². The predicted octanol–water partition coefficient (Wildman–Crippen LogP) is 2.62. The summed E-state index contributed by atoms with van der Waals surface area (Å²) in [7, 11) is 0. The van der Waals surface area contributed by atoms with Crippen LogP contribution in [0.1, 0.15) is 46.2 Å². The number of aromatic nitrogens is 2. The quantitative estimate of drug-likeness (QED) is 0.902. The second kappa shape index (κ2) is 7.16. The van der Waals surface area contributed by atoms with Crippen molar-refractivity contribution in [2.75, 3.05) is 5.32 Å². The minimum Gasteiger partial charge on any atom is -0.348 e. The summed E-state index contributed by atoms with van der Waals surface area (Å²) in [5.74, 6) is -1.58. The maximum atomic E-state index is 13.2. The second-order valence-corrected chi connectivity index (χ2v) is 5.68. The number of halogens is 1. The van der Waals surface area contributed by atoms with Gasteiger partial charge in [0, 0.05) is 11.7 Å². The Morgan fingerprint density at radius 1 is 1.04 bits per heavy atom. The van der Waals surface area contributed by atoms with Crippen molar-refractivity contribution in [1.29, 1.82) is 0 Å². The molecule has 2 N–H and O–H groups in total. The number of aryl methyl sites for hydroxylation is 2. The highest BCUT2D eigenvalue weighted by atomic mass is 19.1. The molecule has 7 heteroatoms. The average molecular weight is 330 g/mol. The molecule has 0 aliphatic rings. The van der Waals surface area contributed by atoms with E-state index in [0.29, 0.717) is 11.4 Å². The van der Waals surface area contributed by atoms with E-state index in [1.165, 1.54) is 18.2 Å². The number of benzene rings is 1. The van der Waals surface area contributed by atoms with E-state index in [0.717, 1.165) is 0 Å². The second-order valence-electron chi connectivity index (χ2n) is 5.68. The molecule has 0 atom stereocenters. The molecule has 0 spiro atoms. The van der Waals surface area contributed by atoms with E-state index in [4.69, 9.17) is 0 Å². The molecule has 2 amide bonds. The molecule has 1 aromatic carbocycles. The van der Waals surface area contributed by atoms with E-state index >= 15 is 0 Å². The zero-order chi connectivity index (χ0) is 17.9. The van der Waals surface area contributed by atoms with Gasteiger partial charge in [0.15, 0.2) is 11.4 Å². The van der Waals surface area contributed by atoms with Gasteiger partial charge in [-0.2, -0.15) is 0 Å². The van der Waals surface area contributed by atoms with Crippen LogP contribution < -0.4 is 10.6 Å². The number of amides is 2. The Morgan fingerprint density at radius 2 is 1.62 bits per heavy atom. The smallest absolute Gasteiger partial charge is 0.276 e. The summed E-state index contributed by atoms with van der Waals surface area (Å²) in [5, 5.41) is 5.23. The van der Waals surface area contributed by atoms with Crippen LogP contribution in [0.5, 0.6) is 0 Å². The van der Waals surface area contributed by atoms with E-state index in [2.05, 4.69) is 20.6 Å². The lowest BCUT2D eigenvalue weighted by atomic mass is 10.2. The van der Waals surface area contributed by atoms with Gasteiger partial charge in [-0.25, -0.2) is 14.4 Å². The first-order valence-corrected chi connectivity index (χ1v) is 7.51. The highest BCUT2D eigenvalue weighted by molar-refractivity contribution is 6.10. The Morgan fingerprint density at radius 3 is 2.17 bits per heavy atom. The Balaban J connectivity index is 2.38. The van der Waals surface area contributed by atoms with Crippen LogP contribution in [-0.4, -0.2) is 27.8 Å². The van der Waals surface area contributed by atoms with Crippen molar-refractivity contribution in [3.63, 3.8) is 0 Å². The Hall–Kier alpha value is -2.83. The molecule has 24 heavy (non-hydrogen) atoms. The van der Waals surface area contributed by atoms with Gasteiger partial charge in [-0.05, 0) is 45.9 Å². The summed E-state index contributed by atoms with van der Waals surface area (Å²) < 4.78 is 13.2. The molecule has 0 bridgehead atoms. The molecule has 126 valence electrons. The fourth-order valence-corrected chi connectivity index (χ4v) is 2.01. The standard InChI is InChI=1S/C17H19FN4O2/c1-9(2)19-16(23)14-15(21-11(4)10(3)20-14)17(24)22-13-7-5-6-12(18)8-13/h5-9H,1-4H3,(H,19,23)(H,22,24). The number of nitrogens with one attached hydrogen (secondary N) is 2. The van der Waals surface area contributed by atoms with Gasteiger partial charge in [-0.3, -0.25) is 9.59 Å². The van der Waals surface area contributed by atoms with Crippen molar-refractivity contribution < 1.29 is 14.0 Å². The zero-order valence-electron chi connectivity index (χ0n) is 14.0. The molecule has 1 aromatic heterocycles. The van der Waals surface area contributed by atoms with Crippen LogP contribution in [0.3, 0.4) is 0 Å². The third kappa shape index (κ3) is 4.13. The van der Waals surface area contributed by atoms with Crippen molar-refractivity contribution in [2.45, 2.75) is 33.7 Å². The molecule has 0 aliphatic carbocycles. The third-order valence-electron chi connectivity index (χ3n) is 3.24. The van der Waals surface area contributed by atoms with Gasteiger partial charge in [0.2, 0.25) is 0 Å². The van der Waals surface area contributed by atoms with Gasteiger partial charge >= 0.3 is 0 Å². The van der Waals surface area contributed by atoms with Crippen LogP contribution in [0.15, 0.2) is 24.3 Å². The van der Waals surface area contributed by atoms with Gasteiger partial charge in [-0.15, -0.1) is 0 Å². The van der Waals surface area contributed by atoms with Crippen molar-refractivity contribution in [2.24, 2.45) is 0 Å². The molecule has 0 radical (unpaired) electrons. The van der Waals surface area contributed by atoms with Crippen molar-refractivity contribution in [3.05, 3.63) is 52.9 Å². The molecule has 2 aromatic rings. The summed E-state index contributed by atoms with van der Waals surface area (Å²) in [6, 6.07) is 5.36. The van der Waals surface area contributed by atoms with E-state index in [1.807, 2.05) is 0 Å². The van der Waals surface area contributed by atoms with Crippen LogP contribution in [0.25, 0.3) is 0 Å². The normalized spacial score (nSPS) is 10.6. The predicted molar refractivity (Wildman–Crippen MR) is 88.5 cm³/mol. The Bertz CT molecular complexity index is 790. The molecule has 2 rings (SSSR count). The van der Waals surface area contributed by atoms with Crippen molar-refractivity contribution >= 4 is 17.5 Å². The first kappa shape index (κ1) is 17.5. The highest BCUT2D eigenvalue weighted by Crippen LogP contribution is 2.14. The SMILES string of the molecule is Cc1nc(C(=O)Nc2cccc(F)c2)c(C(=O)NC(C)C)nc1C. The molecule has 0 saturated carbocycles.